The molecule has 140 valence electrons. The van der Waals surface area contributed by atoms with Gasteiger partial charge in [0.05, 0.1) is 27.7 Å². The molecule has 0 radical (unpaired) electrons. The first-order chi connectivity index (χ1) is 12.4. The maximum atomic E-state index is 6.17. The summed E-state index contributed by atoms with van der Waals surface area (Å²) in [6, 6.07) is 15.2. The highest BCUT2D eigenvalue weighted by molar-refractivity contribution is 5.49. The van der Waals surface area contributed by atoms with Gasteiger partial charge in [0.1, 0.15) is 12.6 Å². The zero-order valence-corrected chi connectivity index (χ0v) is 16.8. The average Bonchev–Trinajstić information content (AvgIpc) is 2.62. The van der Waals surface area contributed by atoms with E-state index in [1.165, 1.54) is 23.1 Å². The molecule has 0 N–H and O–H groups in total. The Morgan fingerprint density at radius 3 is 2.46 bits per heavy atom. The first-order valence-corrected chi connectivity index (χ1v) is 9.61. The molecule has 0 unspecified atom stereocenters. The number of likely N-dealkylation sites (N-methyl/N-ethyl adjacent to an activating group) is 1. The lowest BCUT2D eigenvalue weighted by Gasteiger charge is -2.43. The van der Waals surface area contributed by atoms with E-state index in [1.807, 2.05) is 18.2 Å². The average molecular weight is 355 g/mol. The molecule has 0 aromatic heterocycles. The molecule has 3 rings (SSSR count). The van der Waals surface area contributed by atoms with Gasteiger partial charge in [0.15, 0.2) is 11.5 Å². The largest absolute Gasteiger partial charge is 0.493 e. The van der Waals surface area contributed by atoms with Crippen LogP contribution in [0.15, 0.2) is 42.5 Å². The van der Waals surface area contributed by atoms with Gasteiger partial charge >= 0.3 is 0 Å². The molecule has 1 atom stereocenters. The van der Waals surface area contributed by atoms with E-state index in [9.17, 15) is 0 Å². The van der Waals surface area contributed by atoms with Crippen molar-refractivity contribution in [2.75, 3.05) is 27.7 Å². The van der Waals surface area contributed by atoms with Crippen molar-refractivity contribution in [3.05, 3.63) is 59.2 Å². The van der Waals surface area contributed by atoms with Crippen LogP contribution in [0, 0.1) is 5.92 Å². The molecule has 0 saturated heterocycles. The van der Waals surface area contributed by atoms with Crippen LogP contribution in [0.4, 0.5) is 0 Å². The number of ether oxygens (including phenoxy) is 2. The summed E-state index contributed by atoms with van der Waals surface area (Å²) < 4.78 is 12.8. The Balaban J connectivity index is 1.93. The predicted molar refractivity (Wildman–Crippen MR) is 107 cm³/mol. The van der Waals surface area contributed by atoms with E-state index >= 15 is 0 Å². The number of nitrogens with zero attached hydrogens (tertiary/aromatic N) is 1. The lowest BCUT2D eigenvalue weighted by molar-refractivity contribution is -0.924. The molecule has 0 amide bonds. The quantitative estimate of drug-likeness (QED) is 0.680. The van der Waals surface area contributed by atoms with E-state index in [0.29, 0.717) is 18.6 Å². The number of quaternary nitrogens is 1. The van der Waals surface area contributed by atoms with Gasteiger partial charge < -0.3 is 14.0 Å². The second-order valence-corrected chi connectivity index (χ2v) is 8.37. The van der Waals surface area contributed by atoms with Crippen molar-refractivity contribution in [3.8, 4) is 11.5 Å². The fraction of sp³-hybridized carbons (Fsp3) is 0.478. The van der Waals surface area contributed by atoms with Gasteiger partial charge in [-0.3, -0.25) is 0 Å². The first kappa shape index (κ1) is 18.8. The number of rotatable bonds is 6. The van der Waals surface area contributed by atoms with Crippen molar-refractivity contribution in [2.45, 2.75) is 39.3 Å². The lowest BCUT2D eigenvalue weighted by Crippen LogP contribution is -2.48. The number of hydrogen-bond acceptors (Lipinski definition) is 2. The molecule has 0 spiro atoms. The molecule has 1 aliphatic heterocycles. The van der Waals surface area contributed by atoms with Crippen molar-refractivity contribution in [1.29, 1.82) is 0 Å². The third-order valence-electron chi connectivity index (χ3n) is 5.52. The molecule has 0 aliphatic carbocycles. The Morgan fingerprint density at radius 1 is 1.08 bits per heavy atom. The van der Waals surface area contributed by atoms with Gasteiger partial charge in [0.25, 0.3) is 0 Å². The Morgan fingerprint density at radius 2 is 1.81 bits per heavy atom. The minimum Gasteiger partial charge on any atom is -0.493 e. The molecule has 3 heteroatoms. The lowest BCUT2D eigenvalue weighted by atomic mass is 9.86. The van der Waals surface area contributed by atoms with Crippen LogP contribution in [0.2, 0.25) is 0 Å². The monoisotopic (exact) mass is 354 g/mol. The van der Waals surface area contributed by atoms with Gasteiger partial charge in [-0.1, -0.05) is 44.2 Å². The Labute approximate surface area is 158 Å². The van der Waals surface area contributed by atoms with Crippen molar-refractivity contribution in [1.82, 2.24) is 0 Å². The fourth-order valence-corrected chi connectivity index (χ4v) is 3.95. The van der Waals surface area contributed by atoms with Crippen LogP contribution >= 0.6 is 0 Å². The highest BCUT2D eigenvalue weighted by atomic mass is 16.5. The van der Waals surface area contributed by atoms with Gasteiger partial charge in [-0.25, -0.2) is 0 Å². The van der Waals surface area contributed by atoms with Gasteiger partial charge in [-0.05, 0) is 29.2 Å². The Kier molecular flexibility index (Phi) is 5.57. The summed E-state index contributed by atoms with van der Waals surface area (Å²) in [5.74, 6) is 2.36. The van der Waals surface area contributed by atoms with Crippen LogP contribution < -0.4 is 9.47 Å². The van der Waals surface area contributed by atoms with Crippen LogP contribution in [0.25, 0.3) is 0 Å². The smallest absolute Gasteiger partial charge is 0.162 e. The fourth-order valence-electron chi connectivity index (χ4n) is 3.95. The van der Waals surface area contributed by atoms with E-state index in [4.69, 9.17) is 9.47 Å². The number of methoxy groups -OCH3 is 1. The summed E-state index contributed by atoms with van der Waals surface area (Å²) in [6.07, 6.45) is 2.27. The molecule has 2 aromatic carbocycles. The van der Waals surface area contributed by atoms with E-state index in [2.05, 4.69) is 52.2 Å². The highest BCUT2D eigenvalue weighted by Gasteiger charge is 2.37. The normalized spacial score (nSPS) is 18.5. The third-order valence-corrected chi connectivity index (χ3v) is 5.52. The van der Waals surface area contributed by atoms with Crippen LogP contribution in [0.3, 0.4) is 0 Å². The summed E-state index contributed by atoms with van der Waals surface area (Å²) in [7, 11) is 6.43. The third kappa shape index (κ3) is 4.04. The van der Waals surface area contributed by atoms with Gasteiger partial charge in [0.2, 0.25) is 0 Å². The number of benzene rings is 2. The zero-order valence-electron chi connectivity index (χ0n) is 16.8. The maximum absolute atomic E-state index is 6.17. The molecule has 3 nitrogen and oxygen atoms in total. The van der Waals surface area contributed by atoms with Gasteiger partial charge in [-0.2, -0.15) is 0 Å². The standard InChI is InChI=1S/C23H32NO2/c1-17(2)13-21-20-15-23(26-16-18-9-7-6-8-10-18)22(25-5)14-19(20)11-12-24(21,3)4/h6-10,14-15,17,21H,11-13,16H2,1-5H3/q+1/t21-/m1/s1. The van der Waals surface area contributed by atoms with Crippen LogP contribution in [-0.4, -0.2) is 32.2 Å². The SMILES string of the molecule is COc1cc2c(cc1OCc1ccccc1)[C@@H](CC(C)C)[N+](C)(C)CC2. The van der Waals surface area contributed by atoms with Gasteiger partial charge in [-0.15, -0.1) is 0 Å². The maximum Gasteiger partial charge on any atom is 0.162 e. The van der Waals surface area contributed by atoms with Gasteiger partial charge in [0, 0.05) is 18.4 Å². The summed E-state index contributed by atoms with van der Waals surface area (Å²) in [5, 5.41) is 0. The van der Waals surface area contributed by atoms with Crippen molar-refractivity contribution in [2.24, 2.45) is 5.92 Å². The van der Waals surface area contributed by atoms with Crippen LogP contribution in [0.5, 0.6) is 11.5 Å². The Hall–Kier alpha value is -2.00. The topological polar surface area (TPSA) is 18.5 Å². The minimum atomic E-state index is 0.503. The van der Waals surface area contributed by atoms with Crippen molar-refractivity contribution >= 4 is 0 Å². The molecular formula is C23H32NO2+. The van der Waals surface area contributed by atoms with E-state index in [1.54, 1.807) is 7.11 Å². The zero-order chi connectivity index (χ0) is 18.7. The number of hydrogen-bond donors (Lipinski definition) is 0. The molecule has 26 heavy (non-hydrogen) atoms. The molecule has 1 heterocycles. The molecule has 0 saturated carbocycles. The minimum absolute atomic E-state index is 0.503. The predicted octanol–water partition coefficient (Wildman–Crippen LogP) is 4.99. The molecule has 1 aliphatic rings. The number of fused-ring (bicyclic) bond motifs is 1. The second kappa shape index (κ2) is 7.71. The van der Waals surface area contributed by atoms with E-state index in [0.717, 1.165) is 28.9 Å². The summed E-state index contributed by atoms with van der Waals surface area (Å²) in [5.41, 5.74) is 4.01. The highest BCUT2D eigenvalue weighted by Crippen LogP contribution is 2.42. The van der Waals surface area contributed by atoms with Crippen molar-refractivity contribution < 1.29 is 14.0 Å². The molecule has 2 aromatic rings. The van der Waals surface area contributed by atoms with E-state index < -0.39 is 0 Å². The van der Waals surface area contributed by atoms with Crippen LogP contribution in [-0.2, 0) is 13.0 Å². The second-order valence-electron chi connectivity index (χ2n) is 8.37. The molecule has 0 bridgehead atoms. The Bertz CT molecular complexity index is 737. The molecule has 0 fully saturated rings. The first-order valence-electron chi connectivity index (χ1n) is 9.61. The summed E-state index contributed by atoms with van der Waals surface area (Å²) >= 11 is 0. The molecular weight excluding hydrogens is 322 g/mol. The van der Waals surface area contributed by atoms with Crippen LogP contribution in [0.1, 0.15) is 43.0 Å². The van der Waals surface area contributed by atoms with E-state index in [-0.39, 0.29) is 0 Å². The summed E-state index contributed by atoms with van der Waals surface area (Å²) in [6.45, 7) is 6.34. The van der Waals surface area contributed by atoms with Crippen molar-refractivity contribution in [3.63, 3.8) is 0 Å². The summed E-state index contributed by atoms with van der Waals surface area (Å²) in [4.78, 5) is 0.